The van der Waals surface area contributed by atoms with Crippen LogP contribution in [-0.2, 0) is 16.1 Å². The first kappa shape index (κ1) is 39.3. The van der Waals surface area contributed by atoms with Gasteiger partial charge in [0.1, 0.15) is 0 Å². The normalized spacial score (nSPS) is 19.9. The van der Waals surface area contributed by atoms with E-state index in [4.69, 9.17) is 0 Å². The molecule has 0 spiro atoms. The van der Waals surface area contributed by atoms with Crippen molar-refractivity contribution >= 4 is 69.2 Å². The van der Waals surface area contributed by atoms with Gasteiger partial charge in [-0.25, -0.2) is 4.58 Å². The molecular weight excluding hydrogens is 717 g/mol. The molecule has 2 aromatic carbocycles. The van der Waals surface area contributed by atoms with Gasteiger partial charge in [-0.1, -0.05) is 70.2 Å². The number of carbonyl (C=O) groups excluding carboxylic acids is 2. The van der Waals surface area contributed by atoms with Gasteiger partial charge in [-0.2, -0.15) is 4.57 Å². The highest BCUT2D eigenvalue weighted by molar-refractivity contribution is 8.76. The van der Waals surface area contributed by atoms with Crippen molar-refractivity contribution in [1.82, 2.24) is 10.6 Å². The summed E-state index contributed by atoms with van der Waals surface area (Å²) in [6.07, 6.45) is 17.4. The van der Waals surface area contributed by atoms with Crippen LogP contribution in [0, 0.1) is 0 Å². The van der Waals surface area contributed by atoms with Gasteiger partial charge in [0, 0.05) is 92.9 Å². The number of aromatic nitrogens is 1. The number of amides is 2. The molecule has 1 aromatic heterocycles. The lowest BCUT2D eigenvalue weighted by atomic mass is 10.1. The molecule has 284 valence electrons. The van der Waals surface area contributed by atoms with Crippen LogP contribution in [0.1, 0.15) is 36.5 Å². The Morgan fingerprint density at radius 1 is 0.722 bits per heavy atom. The molecule has 0 radical (unpaired) electrons. The van der Waals surface area contributed by atoms with Gasteiger partial charge in [0.15, 0.2) is 24.7 Å². The number of aliphatic hydroxyl groups excluding tert-OH is 2. The largest absolute Gasteiger partial charge is 0.391 e. The Kier molecular flexibility index (Phi) is 14.4. The van der Waals surface area contributed by atoms with Crippen LogP contribution >= 0.6 is 21.6 Å². The monoisotopic (exact) mass is 768 g/mol. The summed E-state index contributed by atoms with van der Waals surface area (Å²) in [4.78, 5) is 29.5. The van der Waals surface area contributed by atoms with Gasteiger partial charge in [0.25, 0.3) is 11.8 Å². The number of hydrogen-bond donors (Lipinski definition) is 4. The number of nitrogens with one attached hydrogen (secondary N) is 2. The quantitative estimate of drug-likeness (QED) is 0.0927. The van der Waals surface area contributed by atoms with Crippen LogP contribution in [0.5, 0.6) is 0 Å². The molecule has 3 atom stereocenters. The van der Waals surface area contributed by atoms with Crippen LogP contribution in [0.3, 0.4) is 0 Å². The maximum absolute atomic E-state index is 12.6. The van der Waals surface area contributed by atoms with Crippen LogP contribution in [0.2, 0.25) is 0 Å². The first-order valence-corrected chi connectivity index (χ1v) is 21.3. The Labute approximate surface area is 326 Å². The van der Waals surface area contributed by atoms with Crippen molar-refractivity contribution in [3.8, 4) is 0 Å². The molecule has 3 aliphatic heterocycles. The minimum atomic E-state index is -0.234. The Morgan fingerprint density at radius 2 is 1.20 bits per heavy atom. The van der Waals surface area contributed by atoms with Gasteiger partial charge in [-0.15, -0.1) is 0 Å². The highest BCUT2D eigenvalue weighted by Gasteiger charge is 2.26. The highest BCUT2D eigenvalue weighted by Crippen LogP contribution is 2.23. The predicted octanol–water partition coefficient (Wildman–Crippen LogP) is 4.03. The number of benzene rings is 2. The number of allylic oxidation sites excluding steroid dienone is 1. The Morgan fingerprint density at radius 3 is 1.70 bits per heavy atom. The predicted molar refractivity (Wildman–Crippen MR) is 223 cm³/mol. The lowest BCUT2D eigenvalue weighted by molar-refractivity contribution is -0.684. The van der Waals surface area contributed by atoms with Crippen LogP contribution in [-0.4, -0.2) is 108 Å². The summed E-state index contributed by atoms with van der Waals surface area (Å²) in [5, 5.41) is 25.6. The summed E-state index contributed by atoms with van der Waals surface area (Å²) in [7, 11) is 3.38. The third-order valence-electron chi connectivity index (χ3n) is 9.89. The fourth-order valence-electron chi connectivity index (χ4n) is 6.67. The molecule has 4 N–H and O–H groups in total. The maximum atomic E-state index is 12.6. The SMILES string of the molecule is CC1C(/C=C/c2ccc(N3CCC(O)C3)cc2)=CC=[N+]1CC(=O)NCCSSCCNC(=O)C[n+]1ccc(/C=C/c2ccc(N3CCC(O)C3)cc2)cc1. The summed E-state index contributed by atoms with van der Waals surface area (Å²) in [5.41, 5.74) is 6.72. The van der Waals surface area contributed by atoms with Crippen molar-refractivity contribution in [2.24, 2.45) is 0 Å². The van der Waals surface area contributed by atoms with Gasteiger partial charge in [-0.3, -0.25) is 9.59 Å². The summed E-state index contributed by atoms with van der Waals surface area (Å²) in [6.45, 7) is 7.04. The zero-order valence-electron chi connectivity index (χ0n) is 30.9. The zero-order valence-corrected chi connectivity index (χ0v) is 32.6. The molecule has 0 aliphatic carbocycles. The maximum Gasteiger partial charge on any atom is 0.286 e. The molecule has 3 aliphatic rings. The van der Waals surface area contributed by atoms with Crippen LogP contribution in [0.25, 0.3) is 18.2 Å². The standard InChI is InChI=1S/C42H50N6O4S2/c1-32-36(9-4-34-7-12-38(13-8-34)48-25-18-40(50)29-48)16-23-46(32)31-42(52)44-20-27-54-53-26-19-43-41(51)30-45-21-14-35(15-22-45)3-2-33-5-10-37(11-6-33)47-24-17-39(49)28-47/h2-16,21-23,32,39-40,49-50H,17-20,24-31H2,1H3/p+2. The topological polar surface area (TPSA) is 112 Å². The van der Waals surface area contributed by atoms with Crippen molar-refractivity contribution in [2.45, 2.75) is 44.6 Å². The number of carbonyl (C=O) groups is 2. The van der Waals surface area contributed by atoms with E-state index in [0.29, 0.717) is 32.7 Å². The smallest absolute Gasteiger partial charge is 0.286 e. The van der Waals surface area contributed by atoms with E-state index in [1.54, 1.807) is 21.6 Å². The average molecular weight is 769 g/mol. The van der Waals surface area contributed by atoms with E-state index in [0.717, 1.165) is 71.1 Å². The third kappa shape index (κ3) is 11.8. The minimum absolute atomic E-state index is 0.00386. The van der Waals surface area contributed by atoms with Crippen molar-refractivity contribution in [1.29, 1.82) is 0 Å². The fraction of sp³-hybridized carbons (Fsp3) is 0.381. The second kappa shape index (κ2) is 19.8. The van der Waals surface area contributed by atoms with Crippen molar-refractivity contribution in [3.63, 3.8) is 0 Å². The molecule has 3 unspecified atom stereocenters. The molecule has 0 bridgehead atoms. The molecular formula is C42H52N6O4S2+2. The summed E-state index contributed by atoms with van der Waals surface area (Å²) in [6, 6.07) is 20.9. The highest BCUT2D eigenvalue weighted by atomic mass is 33.1. The van der Waals surface area contributed by atoms with Gasteiger partial charge in [0.05, 0.1) is 12.2 Å². The van der Waals surface area contributed by atoms with E-state index in [-0.39, 0.29) is 36.6 Å². The summed E-state index contributed by atoms with van der Waals surface area (Å²) >= 11 is 0. The van der Waals surface area contributed by atoms with E-state index in [1.165, 1.54) is 0 Å². The number of β-amino-alcohol motifs (C(OH)–C–C–N with tert-alkyl or cyclic N) is 2. The minimum Gasteiger partial charge on any atom is -0.391 e. The Bertz CT molecular complexity index is 1830. The number of pyridine rings is 1. The second-order valence-electron chi connectivity index (χ2n) is 13.9. The molecule has 2 amide bonds. The third-order valence-corrected chi connectivity index (χ3v) is 12.3. The molecule has 2 fully saturated rings. The van der Waals surface area contributed by atoms with Crippen LogP contribution in [0.15, 0.2) is 90.8 Å². The van der Waals surface area contributed by atoms with E-state index in [2.05, 4.69) is 111 Å². The molecule has 10 nitrogen and oxygen atoms in total. The number of aliphatic hydroxyl groups is 2. The molecule has 12 heteroatoms. The van der Waals surface area contributed by atoms with Crippen LogP contribution < -0.4 is 25.0 Å². The lowest BCUT2D eigenvalue weighted by Crippen LogP contribution is -2.42. The number of nitrogens with zero attached hydrogens (tertiary/aromatic N) is 4. The molecule has 3 aromatic rings. The summed E-state index contributed by atoms with van der Waals surface area (Å²) < 4.78 is 3.92. The Hall–Kier alpha value is -4.36. The van der Waals surface area contributed by atoms with Crippen LogP contribution in [0.4, 0.5) is 11.4 Å². The van der Waals surface area contributed by atoms with Gasteiger partial charge in [-0.05, 0) is 53.8 Å². The van der Waals surface area contributed by atoms with E-state index < -0.39 is 0 Å². The first-order valence-electron chi connectivity index (χ1n) is 18.8. The fourth-order valence-corrected chi connectivity index (χ4v) is 8.48. The average Bonchev–Trinajstić information content (AvgIpc) is 3.91. The molecule has 2 saturated heterocycles. The molecule has 4 heterocycles. The summed E-state index contributed by atoms with van der Waals surface area (Å²) in [5.74, 6) is 1.55. The zero-order chi connectivity index (χ0) is 37.7. The lowest BCUT2D eigenvalue weighted by Gasteiger charge is -2.17. The van der Waals surface area contributed by atoms with E-state index in [9.17, 15) is 19.8 Å². The van der Waals surface area contributed by atoms with E-state index in [1.807, 2.05) is 35.3 Å². The number of hydrogen-bond acceptors (Lipinski definition) is 8. The molecule has 54 heavy (non-hydrogen) atoms. The Balaban J connectivity index is 0.787. The first-order chi connectivity index (χ1) is 26.3. The van der Waals surface area contributed by atoms with Crippen molar-refractivity contribution in [3.05, 3.63) is 107 Å². The molecule has 0 saturated carbocycles. The molecule has 6 rings (SSSR count). The van der Waals surface area contributed by atoms with Gasteiger partial charge >= 0.3 is 0 Å². The van der Waals surface area contributed by atoms with Gasteiger partial charge < -0.3 is 30.6 Å². The van der Waals surface area contributed by atoms with Gasteiger partial charge in [0.2, 0.25) is 13.1 Å². The number of rotatable bonds is 17. The van der Waals surface area contributed by atoms with Crippen molar-refractivity contribution in [2.75, 3.05) is 67.1 Å². The van der Waals surface area contributed by atoms with Crippen molar-refractivity contribution < 1.29 is 28.9 Å². The number of anilines is 2. The second-order valence-corrected chi connectivity index (χ2v) is 16.6. The van der Waals surface area contributed by atoms with E-state index >= 15 is 0 Å².